The molecule has 0 atom stereocenters. The van der Waals surface area contributed by atoms with Crippen LogP contribution in [0.1, 0.15) is 18.2 Å². The minimum atomic E-state index is -4.77. The maximum atomic E-state index is 13.4. The van der Waals surface area contributed by atoms with E-state index in [-0.39, 0.29) is 11.3 Å². The molecule has 1 aliphatic rings. The molecule has 5 nitrogen and oxygen atoms in total. The highest BCUT2D eigenvalue weighted by atomic mass is 32.2. The fourth-order valence-electron chi connectivity index (χ4n) is 4.17. The number of hydrogen-bond donors (Lipinski definition) is 0. The van der Waals surface area contributed by atoms with Gasteiger partial charge >= 0.3 is 6.36 Å². The number of ether oxygens (including phenoxy) is 1. The smallest absolute Gasteiger partial charge is 0.406 e. The van der Waals surface area contributed by atoms with Gasteiger partial charge in [-0.25, -0.2) is 0 Å². The molecule has 5 rings (SSSR count). The first kappa shape index (κ1) is 25.2. The Morgan fingerprint density at radius 1 is 1.05 bits per heavy atom. The van der Waals surface area contributed by atoms with Crippen molar-refractivity contribution in [1.82, 2.24) is 4.57 Å². The average Bonchev–Trinajstić information content (AvgIpc) is 3.35. The summed E-state index contributed by atoms with van der Waals surface area (Å²) < 4.78 is 47.3. The highest BCUT2D eigenvalue weighted by Crippen LogP contribution is 2.47. The third-order valence-corrected chi connectivity index (χ3v) is 8.37. The molecule has 1 aliphatic heterocycles. The molecule has 0 saturated heterocycles. The Hall–Kier alpha value is -3.50. The topological polar surface area (TPSA) is 38.4 Å². The molecule has 0 amide bonds. The monoisotopic (exact) mass is 542 g/mol. The standard InChI is InChI=1S/C27H23F3N3O2S2/c1-3-33-23(15-19-11-7-8-14-32(19)17-18-9-5-4-6-10-18)37-24(25(33)34)26-31(2)21-13-12-20(16-22(21)36-26)35-27(28,29)30/h4-16H,3,17H2,1-2H3/q+1/b26-24+. The van der Waals surface area contributed by atoms with Crippen LogP contribution in [0.25, 0.3) is 11.1 Å². The molecular formula is C27H23F3N3O2S2+. The van der Waals surface area contributed by atoms with Gasteiger partial charge in [-0.2, -0.15) is 4.57 Å². The molecule has 3 heterocycles. The van der Waals surface area contributed by atoms with Gasteiger partial charge in [-0.3, -0.25) is 9.36 Å². The van der Waals surface area contributed by atoms with E-state index in [9.17, 15) is 18.0 Å². The zero-order valence-corrected chi connectivity index (χ0v) is 21.7. The number of thioether (sulfide) groups is 1. The van der Waals surface area contributed by atoms with Crippen LogP contribution in [0.2, 0.25) is 0 Å². The second-order valence-electron chi connectivity index (χ2n) is 8.35. The minimum Gasteiger partial charge on any atom is -0.406 e. The predicted octanol–water partition coefficient (Wildman–Crippen LogP) is 4.30. The van der Waals surface area contributed by atoms with Gasteiger partial charge in [-0.05, 0) is 31.2 Å². The number of alkyl halides is 3. The lowest BCUT2D eigenvalue weighted by molar-refractivity contribution is -0.690. The molecule has 4 aromatic rings. The number of pyridine rings is 1. The molecule has 0 spiro atoms. The van der Waals surface area contributed by atoms with E-state index in [0.717, 1.165) is 16.0 Å². The highest BCUT2D eigenvalue weighted by molar-refractivity contribution is 8.08. The number of hydrogen-bond acceptors (Lipinski definition) is 5. The third kappa shape index (κ3) is 5.30. The first-order valence-electron chi connectivity index (χ1n) is 11.5. The molecule has 0 radical (unpaired) electrons. The van der Waals surface area contributed by atoms with E-state index in [2.05, 4.69) is 21.4 Å². The fourth-order valence-corrected chi connectivity index (χ4v) is 6.66. The molecule has 2 aromatic carbocycles. The first-order chi connectivity index (χ1) is 17.7. The van der Waals surface area contributed by atoms with Crippen molar-refractivity contribution >= 4 is 39.9 Å². The minimum absolute atomic E-state index is 0.127. The lowest BCUT2D eigenvalue weighted by atomic mass is 10.2. The number of nitrogens with zero attached hydrogens (tertiary/aromatic N) is 3. The number of benzene rings is 2. The fraction of sp³-hybridized carbons (Fsp3) is 0.185. The van der Waals surface area contributed by atoms with Crippen LogP contribution in [0.5, 0.6) is 5.75 Å². The number of anilines is 1. The van der Waals surface area contributed by atoms with Crippen molar-refractivity contribution in [1.29, 1.82) is 0 Å². The molecule has 0 N–H and O–H groups in total. The van der Waals surface area contributed by atoms with E-state index < -0.39 is 6.36 Å². The van der Waals surface area contributed by atoms with Crippen LogP contribution >= 0.6 is 23.1 Å². The van der Waals surface area contributed by atoms with Gasteiger partial charge in [-0.15, -0.1) is 24.5 Å². The van der Waals surface area contributed by atoms with Gasteiger partial charge in [0.1, 0.15) is 20.0 Å². The Kier molecular flexibility index (Phi) is 6.87. The Balaban J connectivity index is 1.58. The number of fused-ring (bicyclic) bond motifs is 1. The van der Waals surface area contributed by atoms with Gasteiger partial charge in [-0.1, -0.05) is 42.1 Å². The lowest BCUT2D eigenvalue weighted by Gasteiger charge is -2.13. The SMILES string of the molecule is CCn1c(=O)/c(=C2\Sc3cc(OC(F)(F)F)ccc3N2C)s/c1=C\c1cccc[n+]1Cc1ccccc1. The lowest BCUT2D eigenvalue weighted by Crippen LogP contribution is -2.38. The summed E-state index contributed by atoms with van der Waals surface area (Å²) >= 11 is 2.65. The Morgan fingerprint density at radius 3 is 2.54 bits per heavy atom. The molecule has 2 aromatic heterocycles. The van der Waals surface area contributed by atoms with Crippen LogP contribution in [0.3, 0.4) is 0 Å². The normalized spacial score (nSPS) is 15.3. The Labute approximate surface area is 219 Å². The molecule has 0 aliphatic carbocycles. The average molecular weight is 543 g/mol. The van der Waals surface area contributed by atoms with Crippen molar-refractivity contribution in [3.63, 3.8) is 0 Å². The summed E-state index contributed by atoms with van der Waals surface area (Å²) in [5.74, 6) is -0.286. The molecule has 37 heavy (non-hydrogen) atoms. The largest absolute Gasteiger partial charge is 0.573 e. The quantitative estimate of drug-likeness (QED) is 0.353. The molecule has 0 unspecified atom stereocenters. The van der Waals surface area contributed by atoms with Crippen molar-refractivity contribution in [3.05, 3.63) is 104 Å². The van der Waals surface area contributed by atoms with Crippen LogP contribution in [0.4, 0.5) is 18.9 Å². The zero-order valence-electron chi connectivity index (χ0n) is 20.0. The van der Waals surface area contributed by atoms with Crippen LogP contribution in [-0.2, 0) is 13.1 Å². The maximum Gasteiger partial charge on any atom is 0.573 e. The summed E-state index contributed by atoms with van der Waals surface area (Å²) in [4.78, 5) is 15.9. The molecule has 0 fully saturated rings. The predicted molar refractivity (Wildman–Crippen MR) is 140 cm³/mol. The van der Waals surface area contributed by atoms with E-state index in [1.807, 2.05) is 67.5 Å². The summed E-state index contributed by atoms with van der Waals surface area (Å²) in [7, 11) is 1.81. The van der Waals surface area contributed by atoms with Gasteiger partial charge in [0.2, 0.25) is 5.69 Å². The molecule has 190 valence electrons. The van der Waals surface area contributed by atoms with Gasteiger partial charge in [0, 0.05) is 42.3 Å². The van der Waals surface area contributed by atoms with E-state index in [1.165, 1.54) is 40.8 Å². The number of rotatable bonds is 5. The number of halogens is 3. The van der Waals surface area contributed by atoms with Crippen molar-refractivity contribution in [2.24, 2.45) is 0 Å². The van der Waals surface area contributed by atoms with Crippen molar-refractivity contribution in [3.8, 4) is 5.75 Å². The second-order valence-corrected chi connectivity index (χ2v) is 10.4. The van der Waals surface area contributed by atoms with Crippen molar-refractivity contribution in [2.45, 2.75) is 31.3 Å². The molecular weight excluding hydrogens is 519 g/mol. The van der Waals surface area contributed by atoms with E-state index in [0.29, 0.717) is 27.5 Å². The summed E-state index contributed by atoms with van der Waals surface area (Å²) in [6.45, 7) is 3.10. The number of aromatic nitrogens is 2. The van der Waals surface area contributed by atoms with Crippen LogP contribution in [0.15, 0.2) is 82.6 Å². The van der Waals surface area contributed by atoms with E-state index in [1.54, 1.807) is 10.6 Å². The van der Waals surface area contributed by atoms with Gasteiger partial charge in [0.15, 0.2) is 12.7 Å². The maximum absolute atomic E-state index is 13.4. The van der Waals surface area contributed by atoms with Gasteiger partial charge in [0.05, 0.1) is 5.69 Å². The molecule has 0 saturated carbocycles. The molecule has 0 bridgehead atoms. The second kappa shape index (κ2) is 10.1. The van der Waals surface area contributed by atoms with E-state index in [4.69, 9.17) is 0 Å². The third-order valence-electron chi connectivity index (χ3n) is 5.90. The van der Waals surface area contributed by atoms with Crippen molar-refractivity contribution < 1.29 is 22.5 Å². The Bertz CT molecular complexity index is 1630. The van der Waals surface area contributed by atoms with E-state index >= 15 is 0 Å². The first-order valence-corrected chi connectivity index (χ1v) is 13.2. The zero-order chi connectivity index (χ0) is 26.2. The van der Waals surface area contributed by atoms with Crippen LogP contribution < -0.4 is 29.0 Å². The van der Waals surface area contributed by atoms with Crippen LogP contribution in [-0.4, -0.2) is 18.0 Å². The number of thiazole rings is 1. The van der Waals surface area contributed by atoms with Gasteiger partial charge in [0.25, 0.3) is 5.56 Å². The summed E-state index contributed by atoms with van der Waals surface area (Å²) in [6, 6.07) is 20.3. The summed E-state index contributed by atoms with van der Waals surface area (Å²) in [5, 5.41) is 0.682. The van der Waals surface area contributed by atoms with Gasteiger partial charge < -0.3 is 9.64 Å². The summed E-state index contributed by atoms with van der Waals surface area (Å²) in [6.07, 6.45) is -0.753. The van der Waals surface area contributed by atoms with Crippen molar-refractivity contribution in [2.75, 3.05) is 11.9 Å². The summed E-state index contributed by atoms with van der Waals surface area (Å²) in [5.41, 5.74) is 2.72. The van der Waals surface area contributed by atoms with Crippen LogP contribution in [0, 0.1) is 0 Å². The molecule has 10 heteroatoms. The Morgan fingerprint density at radius 2 is 1.81 bits per heavy atom. The highest BCUT2D eigenvalue weighted by Gasteiger charge is 2.32.